The highest BCUT2D eigenvalue weighted by Gasteiger charge is 2.30. The van der Waals surface area contributed by atoms with Crippen molar-refractivity contribution in [3.63, 3.8) is 0 Å². The Hall–Kier alpha value is -4.15. The van der Waals surface area contributed by atoms with Gasteiger partial charge in [0.25, 0.3) is 0 Å². The first-order valence-corrected chi connectivity index (χ1v) is 10.1. The second-order valence-electron chi connectivity index (χ2n) is 7.81. The van der Waals surface area contributed by atoms with Gasteiger partial charge < -0.3 is 9.40 Å². The molecule has 8 nitrogen and oxygen atoms in total. The Balaban J connectivity index is 1.43. The third kappa shape index (κ3) is 3.07. The Morgan fingerprint density at radius 1 is 1.03 bits per heavy atom. The summed E-state index contributed by atoms with van der Waals surface area (Å²) in [5, 5.41) is 13.2. The molecule has 0 saturated carbocycles. The number of oxime groups is 1. The summed E-state index contributed by atoms with van der Waals surface area (Å²) < 4.78 is 42.8. The topological polar surface area (TPSA) is 75.1 Å². The van der Waals surface area contributed by atoms with Crippen LogP contribution in [0.1, 0.15) is 23.7 Å². The predicted molar refractivity (Wildman–Crippen MR) is 114 cm³/mol. The van der Waals surface area contributed by atoms with Crippen molar-refractivity contribution in [1.29, 1.82) is 0 Å². The van der Waals surface area contributed by atoms with Gasteiger partial charge in [-0.2, -0.15) is 23.4 Å². The van der Waals surface area contributed by atoms with E-state index >= 15 is 0 Å². The quantitative estimate of drug-likeness (QED) is 0.398. The van der Waals surface area contributed by atoms with Gasteiger partial charge in [-0.05, 0) is 42.0 Å². The fourth-order valence-electron chi connectivity index (χ4n) is 4.22. The number of imidazole rings is 1. The first-order valence-electron chi connectivity index (χ1n) is 10.1. The first kappa shape index (κ1) is 19.5. The van der Waals surface area contributed by atoms with Gasteiger partial charge >= 0.3 is 6.18 Å². The molecule has 1 aliphatic rings. The molecule has 5 aromatic rings. The molecule has 1 aliphatic heterocycles. The molecule has 0 saturated heterocycles. The van der Waals surface area contributed by atoms with Crippen LogP contribution in [-0.2, 0) is 18.1 Å². The van der Waals surface area contributed by atoms with E-state index in [-0.39, 0.29) is 6.10 Å². The maximum atomic E-state index is 13.0. The van der Waals surface area contributed by atoms with E-state index in [4.69, 9.17) is 4.84 Å². The molecule has 2 aromatic carbocycles. The zero-order chi connectivity index (χ0) is 22.7. The number of nitrogens with zero attached hydrogens (tertiary/aromatic N) is 7. The lowest BCUT2D eigenvalue weighted by atomic mass is 10.0. The highest BCUT2D eigenvalue weighted by Crippen LogP contribution is 2.36. The number of halogens is 3. The molecule has 0 amide bonds. The standard InChI is InChI=1S/C22H16F3N7O/c1-30-12-26-21-20(30)16-10-13(18-11-19(29-33-18)32-27-8-9-28-32)2-7-17(16)31(21)15-5-3-14(4-6-15)22(23,24)25/h2-10,12,18H,11H2,1H3. The van der Waals surface area contributed by atoms with Crippen molar-refractivity contribution in [2.75, 3.05) is 0 Å². The molecule has 0 spiro atoms. The van der Waals surface area contributed by atoms with Crippen molar-refractivity contribution in [3.8, 4) is 5.69 Å². The molecule has 4 heterocycles. The van der Waals surface area contributed by atoms with Crippen LogP contribution in [-0.4, -0.2) is 34.9 Å². The highest BCUT2D eigenvalue weighted by atomic mass is 19.4. The summed E-state index contributed by atoms with van der Waals surface area (Å²) in [4.78, 5) is 11.6. The molecular formula is C22H16F3N7O. The fraction of sp³-hybridized carbons (Fsp3) is 0.182. The van der Waals surface area contributed by atoms with Gasteiger partial charge in [0.1, 0.15) is 0 Å². The molecule has 11 heteroatoms. The second kappa shape index (κ2) is 6.92. The van der Waals surface area contributed by atoms with Crippen molar-refractivity contribution in [2.45, 2.75) is 18.7 Å². The van der Waals surface area contributed by atoms with Crippen molar-refractivity contribution in [3.05, 3.63) is 72.3 Å². The Kier molecular flexibility index (Phi) is 4.10. The maximum Gasteiger partial charge on any atom is 0.416 e. The van der Waals surface area contributed by atoms with Crippen LogP contribution in [0.5, 0.6) is 0 Å². The molecule has 1 atom stereocenters. The SMILES string of the molecule is Cn1cnc2c1c1cc(C3CC(n4nccn4)=NO3)ccc1n2-c1ccc(C(F)(F)F)cc1. The van der Waals surface area contributed by atoms with Crippen molar-refractivity contribution in [1.82, 2.24) is 29.1 Å². The molecule has 166 valence electrons. The number of rotatable bonds is 2. The van der Waals surface area contributed by atoms with Crippen LogP contribution in [0, 0.1) is 0 Å². The van der Waals surface area contributed by atoms with Gasteiger partial charge in [0.05, 0.1) is 41.7 Å². The Bertz CT molecular complexity index is 1510. The summed E-state index contributed by atoms with van der Waals surface area (Å²) in [7, 11) is 1.88. The number of aryl methyl sites for hydroxylation is 1. The zero-order valence-corrected chi connectivity index (χ0v) is 17.2. The zero-order valence-electron chi connectivity index (χ0n) is 17.2. The summed E-state index contributed by atoms with van der Waals surface area (Å²) in [6, 6.07) is 11.0. The van der Waals surface area contributed by atoms with E-state index in [0.29, 0.717) is 23.6 Å². The lowest BCUT2D eigenvalue weighted by Crippen LogP contribution is -2.13. The second-order valence-corrected chi connectivity index (χ2v) is 7.81. The Labute approximate surface area is 184 Å². The van der Waals surface area contributed by atoms with Gasteiger partial charge in [0.15, 0.2) is 17.6 Å². The summed E-state index contributed by atoms with van der Waals surface area (Å²) in [5.74, 6) is 0.609. The Morgan fingerprint density at radius 2 is 1.79 bits per heavy atom. The smallest absolute Gasteiger partial charge is 0.386 e. The average Bonchev–Trinajstić information content (AvgIpc) is 3.58. The summed E-state index contributed by atoms with van der Waals surface area (Å²) >= 11 is 0. The minimum absolute atomic E-state index is 0.298. The normalized spacial score (nSPS) is 16.5. The number of fused-ring (bicyclic) bond motifs is 3. The van der Waals surface area contributed by atoms with Gasteiger partial charge in [-0.1, -0.05) is 11.2 Å². The number of benzene rings is 2. The van der Waals surface area contributed by atoms with E-state index in [1.165, 1.54) is 16.9 Å². The summed E-state index contributed by atoms with van der Waals surface area (Å²) in [6.45, 7) is 0. The molecule has 0 bridgehead atoms. The molecule has 0 aliphatic carbocycles. The van der Waals surface area contributed by atoms with Crippen LogP contribution in [0.2, 0.25) is 0 Å². The van der Waals surface area contributed by atoms with Gasteiger partial charge in [0.2, 0.25) is 0 Å². The maximum absolute atomic E-state index is 13.0. The molecule has 33 heavy (non-hydrogen) atoms. The number of hydrogen-bond donors (Lipinski definition) is 0. The van der Waals surface area contributed by atoms with Crippen LogP contribution >= 0.6 is 0 Å². The third-order valence-corrected chi connectivity index (χ3v) is 5.77. The predicted octanol–water partition coefficient (Wildman–Crippen LogP) is 4.45. The van der Waals surface area contributed by atoms with E-state index in [1.54, 1.807) is 18.7 Å². The largest absolute Gasteiger partial charge is 0.416 e. The average molecular weight is 451 g/mol. The van der Waals surface area contributed by atoms with Crippen molar-refractivity contribution < 1.29 is 18.0 Å². The lowest BCUT2D eigenvalue weighted by molar-refractivity contribution is -0.137. The molecule has 0 radical (unpaired) electrons. The van der Waals surface area contributed by atoms with E-state index < -0.39 is 11.7 Å². The lowest BCUT2D eigenvalue weighted by Gasteiger charge is -2.11. The monoisotopic (exact) mass is 451 g/mol. The highest BCUT2D eigenvalue weighted by molar-refractivity contribution is 6.06. The van der Waals surface area contributed by atoms with E-state index in [2.05, 4.69) is 20.3 Å². The third-order valence-electron chi connectivity index (χ3n) is 5.77. The van der Waals surface area contributed by atoms with E-state index in [9.17, 15) is 13.2 Å². The summed E-state index contributed by atoms with van der Waals surface area (Å²) in [5.41, 5.74) is 3.19. The van der Waals surface area contributed by atoms with Gasteiger partial charge in [-0.3, -0.25) is 4.57 Å². The van der Waals surface area contributed by atoms with Crippen molar-refractivity contribution >= 4 is 27.9 Å². The number of aromatic nitrogens is 6. The summed E-state index contributed by atoms with van der Waals surface area (Å²) in [6.07, 6.45) is 0.659. The minimum Gasteiger partial charge on any atom is -0.386 e. The van der Waals surface area contributed by atoms with Gasteiger partial charge in [0, 0.05) is 18.1 Å². The minimum atomic E-state index is -4.39. The van der Waals surface area contributed by atoms with Crippen molar-refractivity contribution in [2.24, 2.45) is 12.2 Å². The van der Waals surface area contributed by atoms with Crippen LogP contribution in [0.15, 0.2) is 66.3 Å². The molecule has 0 fully saturated rings. The van der Waals surface area contributed by atoms with Crippen LogP contribution in [0.25, 0.3) is 27.8 Å². The molecule has 3 aromatic heterocycles. The van der Waals surface area contributed by atoms with Gasteiger partial charge in [-0.25, -0.2) is 4.98 Å². The number of alkyl halides is 3. The molecule has 1 unspecified atom stereocenters. The van der Waals surface area contributed by atoms with E-state index in [1.807, 2.05) is 34.4 Å². The Morgan fingerprint density at radius 3 is 2.52 bits per heavy atom. The first-order chi connectivity index (χ1) is 15.9. The molecular weight excluding hydrogens is 435 g/mol. The van der Waals surface area contributed by atoms with Gasteiger partial charge in [-0.15, -0.1) is 4.80 Å². The van der Waals surface area contributed by atoms with Crippen LogP contribution in [0.4, 0.5) is 13.2 Å². The van der Waals surface area contributed by atoms with Crippen LogP contribution in [0.3, 0.4) is 0 Å². The fourth-order valence-corrected chi connectivity index (χ4v) is 4.22. The molecule has 0 N–H and O–H groups in total. The van der Waals surface area contributed by atoms with E-state index in [0.717, 1.165) is 34.1 Å². The molecule has 6 rings (SSSR count). The number of hydrogen-bond acceptors (Lipinski definition) is 5. The van der Waals surface area contributed by atoms with Crippen LogP contribution < -0.4 is 0 Å².